The van der Waals surface area contributed by atoms with Crippen LogP contribution in [0, 0.1) is 39.5 Å². The fraction of sp³-hybridized carbons (Fsp3) is 0.462. The van der Waals surface area contributed by atoms with E-state index in [0.717, 1.165) is 35.3 Å². The zero-order valence-electron chi connectivity index (χ0n) is 18.4. The number of aryl methyl sites for hydroxylation is 4. The number of allylic oxidation sites excluding steroid dienone is 2. The summed E-state index contributed by atoms with van der Waals surface area (Å²) in [7, 11) is 1.76. The Balaban J connectivity index is 2.28. The van der Waals surface area contributed by atoms with E-state index in [1.165, 1.54) is 22.3 Å². The molecule has 1 aliphatic rings. The lowest BCUT2D eigenvalue weighted by Gasteiger charge is -2.36. The molecule has 0 heterocycles. The predicted molar refractivity (Wildman–Crippen MR) is 118 cm³/mol. The topological polar surface area (TPSA) is 29.5 Å². The molecule has 28 heavy (non-hydrogen) atoms. The zero-order valence-corrected chi connectivity index (χ0v) is 18.4. The van der Waals surface area contributed by atoms with Crippen molar-refractivity contribution in [3.8, 4) is 11.5 Å². The Hall–Kier alpha value is -2.22. The van der Waals surface area contributed by atoms with Crippen LogP contribution in [0.25, 0.3) is 0 Å². The van der Waals surface area contributed by atoms with E-state index in [1.807, 2.05) is 6.92 Å². The van der Waals surface area contributed by atoms with Crippen molar-refractivity contribution in [2.24, 2.45) is 11.8 Å². The van der Waals surface area contributed by atoms with Crippen molar-refractivity contribution < 1.29 is 9.84 Å². The van der Waals surface area contributed by atoms with Gasteiger partial charge in [0.2, 0.25) is 0 Å². The molecule has 0 spiro atoms. The highest BCUT2D eigenvalue weighted by atomic mass is 16.5. The Kier molecular flexibility index (Phi) is 5.88. The van der Waals surface area contributed by atoms with Crippen LogP contribution in [0.4, 0.5) is 0 Å². The van der Waals surface area contributed by atoms with Crippen LogP contribution >= 0.6 is 0 Å². The van der Waals surface area contributed by atoms with Crippen molar-refractivity contribution in [2.45, 2.75) is 60.3 Å². The SMILES string of the molecule is COc1c(C)cc(C)cc1C(c1cc(C)cc(C)c1O)C1CCC(C)=CC1C. The lowest BCUT2D eigenvalue weighted by molar-refractivity contribution is 0.317. The second-order valence-electron chi connectivity index (χ2n) is 8.78. The van der Waals surface area contributed by atoms with Gasteiger partial charge in [-0.1, -0.05) is 54.0 Å². The van der Waals surface area contributed by atoms with E-state index in [0.29, 0.717) is 17.6 Å². The van der Waals surface area contributed by atoms with E-state index in [9.17, 15) is 5.11 Å². The zero-order chi connectivity index (χ0) is 20.6. The first-order valence-corrected chi connectivity index (χ1v) is 10.4. The average Bonchev–Trinajstić information content (AvgIpc) is 2.60. The standard InChI is InChI=1S/C26H34O2/c1-15-8-9-21(18(4)10-15)24(22-13-16(2)11-19(5)25(22)27)23-14-17(3)12-20(6)26(23)28-7/h10-14,18,21,24,27H,8-9H2,1-7H3. The van der Waals surface area contributed by atoms with Crippen molar-refractivity contribution in [3.63, 3.8) is 0 Å². The molecule has 0 saturated carbocycles. The fourth-order valence-electron chi connectivity index (χ4n) is 5.14. The maximum Gasteiger partial charge on any atom is 0.125 e. The fourth-order valence-corrected chi connectivity index (χ4v) is 5.14. The highest BCUT2D eigenvalue weighted by Crippen LogP contribution is 2.49. The third-order valence-corrected chi connectivity index (χ3v) is 6.32. The highest BCUT2D eigenvalue weighted by Gasteiger charge is 2.34. The summed E-state index contributed by atoms with van der Waals surface area (Å²) in [4.78, 5) is 0. The Labute approximate surface area is 170 Å². The van der Waals surface area contributed by atoms with Gasteiger partial charge in [-0.15, -0.1) is 0 Å². The van der Waals surface area contributed by atoms with Crippen LogP contribution in [0.2, 0.25) is 0 Å². The summed E-state index contributed by atoms with van der Waals surface area (Å²) in [6, 6.07) is 8.66. The molecule has 0 aromatic heterocycles. The quantitative estimate of drug-likeness (QED) is 0.596. The van der Waals surface area contributed by atoms with E-state index < -0.39 is 0 Å². The monoisotopic (exact) mass is 378 g/mol. The molecule has 3 atom stereocenters. The Morgan fingerprint density at radius 2 is 1.54 bits per heavy atom. The summed E-state index contributed by atoms with van der Waals surface area (Å²) in [5.74, 6) is 2.35. The normalized spacial score (nSPS) is 20.6. The predicted octanol–water partition coefficient (Wildman–Crippen LogP) is 6.76. The van der Waals surface area contributed by atoms with E-state index in [4.69, 9.17) is 4.74 Å². The third kappa shape index (κ3) is 3.83. The van der Waals surface area contributed by atoms with Crippen LogP contribution in [-0.2, 0) is 0 Å². The number of rotatable bonds is 4. The van der Waals surface area contributed by atoms with Crippen LogP contribution in [0.3, 0.4) is 0 Å². The molecule has 0 fully saturated rings. The molecule has 1 N–H and O–H groups in total. The Morgan fingerprint density at radius 3 is 2.14 bits per heavy atom. The summed E-state index contributed by atoms with van der Waals surface area (Å²) >= 11 is 0. The summed E-state index contributed by atoms with van der Waals surface area (Å²) in [6.07, 6.45) is 4.65. The van der Waals surface area contributed by atoms with E-state index >= 15 is 0 Å². The van der Waals surface area contributed by atoms with Gasteiger partial charge in [-0.3, -0.25) is 0 Å². The number of aromatic hydroxyl groups is 1. The van der Waals surface area contributed by atoms with E-state index in [2.05, 4.69) is 65.0 Å². The number of methoxy groups -OCH3 is 1. The number of hydrogen-bond donors (Lipinski definition) is 1. The van der Waals surface area contributed by atoms with Gasteiger partial charge in [0.15, 0.2) is 0 Å². The smallest absolute Gasteiger partial charge is 0.125 e. The van der Waals surface area contributed by atoms with Crippen molar-refractivity contribution in [2.75, 3.05) is 7.11 Å². The molecule has 0 radical (unpaired) electrons. The summed E-state index contributed by atoms with van der Waals surface area (Å²) in [5.41, 5.74) is 8.22. The van der Waals surface area contributed by atoms with Gasteiger partial charge in [-0.2, -0.15) is 0 Å². The lowest BCUT2D eigenvalue weighted by Crippen LogP contribution is -2.24. The van der Waals surface area contributed by atoms with Gasteiger partial charge >= 0.3 is 0 Å². The summed E-state index contributed by atoms with van der Waals surface area (Å²) in [5, 5.41) is 11.1. The molecule has 0 aliphatic heterocycles. The highest BCUT2D eigenvalue weighted by molar-refractivity contribution is 5.54. The molecule has 2 nitrogen and oxygen atoms in total. The van der Waals surface area contributed by atoms with Gasteiger partial charge in [-0.25, -0.2) is 0 Å². The average molecular weight is 379 g/mol. The molecule has 2 aromatic carbocycles. The van der Waals surface area contributed by atoms with Gasteiger partial charge < -0.3 is 9.84 Å². The Morgan fingerprint density at radius 1 is 0.929 bits per heavy atom. The van der Waals surface area contributed by atoms with Gasteiger partial charge in [0, 0.05) is 17.0 Å². The largest absolute Gasteiger partial charge is 0.507 e. The second kappa shape index (κ2) is 8.03. The minimum absolute atomic E-state index is 0.103. The van der Waals surface area contributed by atoms with E-state index in [1.54, 1.807) is 7.11 Å². The van der Waals surface area contributed by atoms with Crippen LogP contribution in [-0.4, -0.2) is 12.2 Å². The summed E-state index contributed by atoms with van der Waals surface area (Å²) < 4.78 is 5.88. The lowest BCUT2D eigenvalue weighted by atomic mass is 9.68. The first-order valence-electron chi connectivity index (χ1n) is 10.4. The van der Waals surface area contributed by atoms with Crippen molar-refractivity contribution in [1.82, 2.24) is 0 Å². The molecule has 0 saturated heterocycles. The molecule has 0 amide bonds. The van der Waals surface area contributed by atoms with Crippen LogP contribution in [0.5, 0.6) is 11.5 Å². The van der Waals surface area contributed by atoms with Gasteiger partial charge in [0.05, 0.1) is 7.11 Å². The third-order valence-electron chi connectivity index (χ3n) is 6.32. The molecule has 1 aliphatic carbocycles. The number of phenols is 1. The van der Waals surface area contributed by atoms with Gasteiger partial charge in [0.1, 0.15) is 11.5 Å². The molecule has 2 heteroatoms. The van der Waals surface area contributed by atoms with Gasteiger partial charge in [0.25, 0.3) is 0 Å². The van der Waals surface area contributed by atoms with Gasteiger partial charge in [-0.05, 0) is 70.4 Å². The van der Waals surface area contributed by atoms with Crippen molar-refractivity contribution in [1.29, 1.82) is 0 Å². The number of ether oxygens (including phenoxy) is 1. The van der Waals surface area contributed by atoms with Crippen LogP contribution in [0.15, 0.2) is 35.9 Å². The van der Waals surface area contributed by atoms with Crippen LogP contribution < -0.4 is 4.74 Å². The second-order valence-corrected chi connectivity index (χ2v) is 8.78. The minimum Gasteiger partial charge on any atom is -0.507 e. The molecule has 150 valence electrons. The number of benzene rings is 2. The van der Waals surface area contributed by atoms with E-state index in [-0.39, 0.29) is 5.92 Å². The molecule has 3 unspecified atom stereocenters. The number of phenolic OH excluding ortho intramolecular Hbond substituents is 1. The van der Waals surface area contributed by atoms with Crippen molar-refractivity contribution in [3.05, 3.63) is 69.3 Å². The van der Waals surface area contributed by atoms with Crippen molar-refractivity contribution >= 4 is 0 Å². The maximum atomic E-state index is 11.1. The first-order chi connectivity index (χ1) is 13.2. The molecule has 3 rings (SSSR count). The minimum atomic E-state index is 0.103. The van der Waals surface area contributed by atoms with Crippen LogP contribution in [0.1, 0.15) is 66.0 Å². The first kappa shape index (κ1) is 20.5. The molecular formula is C26H34O2. The molecular weight excluding hydrogens is 344 g/mol. The molecule has 0 bridgehead atoms. The number of hydrogen-bond acceptors (Lipinski definition) is 2. The maximum absolute atomic E-state index is 11.1. The molecule has 2 aromatic rings. The summed E-state index contributed by atoms with van der Waals surface area (Å²) in [6.45, 7) is 12.9. The Bertz CT molecular complexity index is 907.